The SMILES string of the molecule is Cc1cccc(C)c1-n1nnnc1C(Nc1ccc(O)cc1)c1ccc(Br)cc1. The van der Waals surface area contributed by atoms with Crippen molar-refractivity contribution < 1.29 is 5.11 Å². The van der Waals surface area contributed by atoms with E-state index in [1.807, 2.05) is 42.5 Å². The third kappa shape index (κ3) is 4.00. The third-order valence-electron chi connectivity index (χ3n) is 4.78. The Balaban J connectivity index is 1.83. The second-order valence-corrected chi connectivity index (χ2v) is 7.78. The number of hydrogen-bond acceptors (Lipinski definition) is 5. The summed E-state index contributed by atoms with van der Waals surface area (Å²) in [5, 5.41) is 25.7. The standard InChI is InChI=1S/C22H20BrN5O/c1-14-4-3-5-15(2)21(14)28-22(25-26-27-28)20(16-6-8-17(23)9-7-16)24-18-10-12-19(29)13-11-18/h3-13,20,24,29H,1-2H3. The van der Waals surface area contributed by atoms with Gasteiger partial charge in [-0.1, -0.05) is 46.3 Å². The number of halogens is 1. The number of anilines is 1. The quantitative estimate of drug-likeness (QED) is 0.421. The van der Waals surface area contributed by atoms with Gasteiger partial charge in [-0.3, -0.25) is 0 Å². The lowest BCUT2D eigenvalue weighted by Gasteiger charge is -2.21. The Bertz CT molecular complexity index is 1100. The molecule has 0 fully saturated rings. The molecular weight excluding hydrogens is 430 g/mol. The fourth-order valence-electron chi connectivity index (χ4n) is 3.35. The van der Waals surface area contributed by atoms with Crippen molar-refractivity contribution in [3.05, 3.63) is 93.7 Å². The number of aromatic nitrogens is 4. The molecule has 0 amide bonds. The first-order chi connectivity index (χ1) is 14.0. The molecule has 4 aromatic rings. The number of nitrogens with zero attached hydrogens (tertiary/aromatic N) is 4. The number of phenols is 1. The number of phenolic OH excluding ortho intramolecular Hbond substituents is 1. The van der Waals surface area contributed by atoms with Gasteiger partial charge in [0.2, 0.25) is 0 Å². The molecule has 1 unspecified atom stereocenters. The number of aryl methyl sites for hydroxylation is 2. The van der Waals surface area contributed by atoms with Crippen molar-refractivity contribution in [1.29, 1.82) is 0 Å². The van der Waals surface area contributed by atoms with Gasteiger partial charge in [-0.2, -0.15) is 4.68 Å². The molecule has 2 N–H and O–H groups in total. The van der Waals surface area contributed by atoms with E-state index in [0.29, 0.717) is 5.82 Å². The van der Waals surface area contributed by atoms with Crippen LogP contribution >= 0.6 is 15.9 Å². The minimum Gasteiger partial charge on any atom is -0.508 e. The zero-order valence-corrected chi connectivity index (χ0v) is 17.6. The van der Waals surface area contributed by atoms with Crippen LogP contribution in [0.2, 0.25) is 0 Å². The fraction of sp³-hybridized carbons (Fsp3) is 0.136. The average molecular weight is 450 g/mol. The summed E-state index contributed by atoms with van der Waals surface area (Å²) in [4.78, 5) is 0. The van der Waals surface area contributed by atoms with Gasteiger partial charge in [-0.05, 0) is 77.4 Å². The van der Waals surface area contributed by atoms with E-state index in [2.05, 4.69) is 62.8 Å². The number of nitrogens with one attached hydrogen (secondary N) is 1. The van der Waals surface area contributed by atoms with Crippen LogP contribution in [0, 0.1) is 13.8 Å². The van der Waals surface area contributed by atoms with Crippen LogP contribution in [0.5, 0.6) is 5.75 Å². The summed E-state index contributed by atoms with van der Waals surface area (Å²) in [5.74, 6) is 0.897. The van der Waals surface area contributed by atoms with Crippen LogP contribution in [0.25, 0.3) is 5.69 Å². The maximum absolute atomic E-state index is 9.61. The highest BCUT2D eigenvalue weighted by molar-refractivity contribution is 9.10. The summed E-state index contributed by atoms with van der Waals surface area (Å²) in [7, 11) is 0. The summed E-state index contributed by atoms with van der Waals surface area (Å²) in [6.45, 7) is 4.10. The minimum absolute atomic E-state index is 0.219. The number of rotatable bonds is 5. The average Bonchev–Trinajstić information content (AvgIpc) is 3.17. The summed E-state index contributed by atoms with van der Waals surface area (Å²) in [5.41, 5.74) is 5.04. The highest BCUT2D eigenvalue weighted by atomic mass is 79.9. The first kappa shape index (κ1) is 19.1. The van der Waals surface area contributed by atoms with E-state index in [0.717, 1.165) is 32.5 Å². The Morgan fingerprint density at radius 1 is 0.931 bits per heavy atom. The molecule has 0 saturated carbocycles. The molecule has 29 heavy (non-hydrogen) atoms. The van der Waals surface area contributed by atoms with Crippen molar-refractivity contribution in [3.8, 4) is 11.4 Å². The first-order valence-electron chi connectivity index (χ1n) is 9.19. The number of benzene rings is 3. The topological polar surface area (TPSA) is 75.9 Å². The van der Waals surface area contributed by atoms with Crippen molar-refractivity contribution in [1.82, 2.24) is 20.2 Å². The van der Waals surface area contributed by atoms with Crippen LogP contribution in [0.3, 0.4) is 0 Å². The lowest BCUT2D eigenvalue weighted by atomic mass is 10.0. The Hall–Kier alpha value is -3.19. The van der Waals surface area contributed by atoms with Crippen molar-refractivity contribution in [3.63, 3.8) is 0 Å². The third-order valence-corrected chi connectivity index (χ3v) is 5.31. The van der Waals surface area contributed by atoms with Gasteiger partial charge in [-0.15, -0.1) is 5.10 Å². The Labute approximate surface area is 177 Å². The number of tetrazole rings is 1. The molecule has 0 spiro atoms. The summed E-state index contributed by atoms with van der Waals surface area (Å²) < 4.78 is 2.80. The van der Waals surface area contributed by atoms with Gasteiger partial charge in [0.1, 0.15) is 11.8 Å². The maximum atomic E-state index is 9.61. The summed E-state index contributed by atoms with van der Waals surface area (Å²) >= 11 is 3.49. The molecule has 4 rings (SSSR count). The van der Waals surface area contributed by atoms with Crippen LogP contribution in [0.15, 0.2) is 71.2 Å². The molecule has 0 aliphatic heterocycles. The second-order valence-electron chi connectivity index (χ2n) is 6.87. The van der Waals surface area contributed by atoms with E-state index < -0.39 is 0 Å². The molecule has 0 aliphatic rings. The zero-order valence-electron chi connectivity index (χ0n) is 16.0. The predicted octanol–water partition coefficient (Wildman–Crippen LogP) is 4.95. The van der Waals surface area contributed by atoms with Crippen LogP contribution < -0.4 is 5.32 Å². The molecule has 146 valence electrons. The molecule has 0 bridgehead atoms. The molecule has 1 atom stereocenters. The first-order valence-corrected chi connectivity index (χ1v) is 9.98. The van der Waals surface area contributed by atoms with Gasteiger partial charge in [-0.25, -0.2) is 0 Å². The molecule has 0 saturated heterocycles. The number of para-hydroxylation sites is 1. The summed E-state index contributed by atoms with van der Waals surface area (Å²) in [6.07, 6.45) is 0. The van der Waals surface area contributed by atoms with Crippen LogP contribution in [0.4, 0.5) is 5.69 Å². The number of hydrogen-bond donors (Lipinski definition) is 2. The maximum Gasteiger partial charge on any atom is 0.183 e. The van der Waals surface area contributed by atoms with Gasteiger partial charge < -0.3 is 10.4 Å². The van der Waals surface area contributed by atoms with Crippen LogP contribution in [-0.2, 0) is 0 Å². The lowest BCUT2D eigenvalue weighted by Crippen LogP contribution is -2.19. The monoisotopic (exact) mass is 449 g/mol. The molecule has 7 heteroatoms. The summed E-state index contributed by atoms with van der Waals surface area (Å²) in [6, 6.07) is 20.8. The Morgan fingerprint density at radius 2 is 1.59 bits per heavy atom. The smallest absolute Gasteiger partial charge is 0.183 e. The van der Waals surface area contributed by atoms with E-state index in [4.69, 9.17) is 0 Å². The molecule has 1 aromatic heterocycles. The molecule has 1 heterocycles. The number of aromatic hydroxyl groups is 1. The van der Waals surface area contributed by atoms with E-state index in [1.54, 1.807) is 16.8 Å². The van der Waals surface area contributed by atoms with Gasteiger partial charge in [0, 0.05) is 10.2 Å². The van der Waals surface area contributed by atoms with Crippen LogP contribution in [0.1, 0.15) is 28.6 Å². The normalized spacial score (nSPS) is 12.0. The highest BCUT2D eigenvalue weighted by Gasteiger charge is 2.23. The molecular formula is C22H20BrN5O. The Morgan fingerprint density at radius 3 is 2.24 bits per heavy atom. The highest BCUT2D eigenvalue weighted by Crippen LogP contribution is 2.29. The predicted molar refractivity (Wildman–Crippen MR) is 116 cm³/mol. The van der Waals surface area contributed by atoms with Crippen molar-refractivity contribution in [2.45, 2.75) is 19.9 Å². The molecule has 0 aliphatic carbocycles. The largest absolute Gasteiger partial charge is 0.508 e. The van der Waals surface area contributed by atoms with E-state index in [-0.39, 0.29) is 11.8 Å². The van der Waals surface area contributed by atoms with E-state index in [1.165, 1.54) is 0 Å². The van der Waals surface area contributed by atoms with Gasteiger partial charge >= 0.3 is 0 Å². The Kier molecular flexibility index (Phi) is 5.31. The fourth-order valence-corrected chi connectivity index (χ4v) is 3.61. The van der Waals surface area contributed by atoms with Crippen molar-refractivity contribution >= 4 is 21.6 Å². The van der Waals surface area contributed by atoms with E-state index >= 15 is 0 Å². The lowest BCUT2D eigenvalue weighted by molar-refractivity contribution is 0.475. The minimum atomic E-state index is -0.290. The van der Waals surface area contributed by atoms with Crippen LogP contribution in [-0.4, -0.2) is 25.3 Å². The van der Waals surface area contributed by atoms with Gasteiger partial charge in [0.05, 0.1) is 5.69 Å². The molecule has 0 radical (unpaired) electrons. The van der Waals surface area contributed by atoms with Crippen molar-refractivity contribution in [2.75, 3.05) is 5.32 Å². The second kappa shape index (κ2) is 8.05. The van der Waals surface area contributed by atoms with E-state index in [9.17, 15) is 5.11 Å². The van der Waals surface area contributed by atoms with Gasteiger partial charge in [0.25, 0.3) is 0 Å². The van der Waals surface area contributed by atoms with Crippen molar-refractivity contribution in [2.24, 2.45) is 0 Å². The molecule has 3 aromatic carbocycles. The zero-order chi connectivity index (χ0) is 20.4. The molecule has 6 nitrogen and oxygen atoms in total. The van der Waals surface area contributed by atoms with Gasteiger partial charge in [0.15, 0.2) is 5.82 Å².